The van der Waals surface area contributed by atoms with Crippen molar-refractivity contribution >= 4 is 20.9 Å². The molecule has 0 radical (unpaired) electrons. The van der Waals surface area contributed by atoms with Crippen LogP contribution in [0.1, 0.15) is 0 Å². The Labute approximate surface area is 51.7 Å². The first-order valence-electron chi connectivity index (χ1n) is 2.21. The third-order valence-corrected chi connectivity index (χ3v) is 0.677. The number of allylic oxidation sites excluding steroid dienone is 2. The Kier molecular flexibility index (Phi) is 5.78. The summed E-state index contributed by atoms with van der Waals surface area (Å²) in [6.45, 7) is 3.40. The van der Waals surface area contributed by atoms with E-state index in [0.717, 1.165) is 0 Å². The van der Waals surface area contributed by atoms with Crippen molar-refractivity contribution in [3.8, 4) is 0 Å². The van der Waals surface area contributed by atoms with E-state index < -0.39 is 0 Å². The van der Waals surface area contributed by atoms with Crippen molar-refractivity contribution in [3.05, 3.63) is 24.9 Å². The number of hydrogen-bond donors (Lipinski definition) is 0. The maximum absolute atomic E-state index is 3.72. The van der Waals surface area contributed by atoms with Crippen molar-refractivity contribution in [2.45, 2.75) is 0 Å². The zero-order valence-electron chi connectivity index (χ0n) is 4.54. The monoisotopic (exact) mass is 125 g/mol. The van der Waals surface area contributed by atoms with Crippen LogP contribution in [-0.2, 0) is 0 Å². The second-order valence-corrected chi connectivity index (χ2v) is 1.37. The van der Waals surface area contributed by atoms with Gasteiger partial charge in [0.15, 0.2) is 0 Å². The highest BCUT2D eigenvalue weighted by atomic mass is 31.0. The Morgan fingerprint density at radius 1 is 1.38 bits per heavy atom. The lowest BCUT2D eigenvalue weighted by molar-refractivity contribution is 1.63. The summed E-state index contributed by atoms with van der Waals surface area (Å²) in [5.41, 5.74) is 0. The molecule has 0 atom stereocenters. The van der Waals surface area contributed by atoms with E-state index >= 15 is 0 Å². The highest BCUT2D eigenvalue weighted by Gasteiger charge is 1.55. The van der Waals surface area contributed by atoms with Gasteiger partial charge in [-0.2, -0.15) is 0 Å². The second kappa shape index (κ2) is 6.32. The molecule has 0 aromatic rings. The van der Waals surface area contributed by atoms with Gasteiger partial charge in [0.05, 0.1) is 0 Å². The van der Waals surface area contributed by atoms with Crippen LogP contribution in [0.4, 0.5) is 0 Å². The second-order valence-electron chi connectivity index (χ2n) is 1.03. The Bertz CT molecular complexity index is 108. The van der Waals surface area contributed by atoms with Crippen molar-refractivity contribution in [2.75, 3.05) is 0 Å². The first-order valence-corrected chi connectivity index (χ1v) is 2.79. The maximum Gasteiger partial charge on any atom is 0.0267 e. The van der Waals surface area contributed by atoms with Gasteiger partial charge in [-0.1, -0.05) is 12.7 Å². The van der Waals surface area contributed by atoms with E-state index in [2.05, 4.69) is 20.4 Å². The standard InChI is InChI=1S/C6H8NP/c1-2-7-5-3-4-6-8/h2-6,8H,1H2/b4-3-,7-5?. The minimum Gasteiger partial charge on any atom is -0.265 e. The Hall–Kier alpha value is -0.680. The maximum atomic E-state index is 3.72. The topological polar surface area (TPSA) is 12.4 Å². The molecule has 0 heterocycles. The van der Waals surface area contributed by atoms with E-state index in [1.807, 2.05) is 6.08 Å². The van der Waals surface area contributed by atoms with Gasteiger partial charge in [-0.25, -0.2) is 0 Å². The lowest BCUT2D eigenvalue weighted by atomic mass is 10.6. The van der Waals surface area contributed by atoms with Crippen molar-refractivity contribution in [1.29, 1.82) is 0 Å². The third kappa shape index (κ3) is 5.32. The van der Waals surface area contributed by atoms with E-state index in [0.29, 0.717) is 0 Å². The predicted octanol–water partition coefficient (Wildman–Crippen LogP) is 1.70. The molecule has 0 aliphatic heterocycles. The Balaban J connectivity index is 3.41. The molecule has 0 spiro atoms. The molecule has 0 aliphatic rings. The molecular weight excluding hydrogens is 117 g/mol. The van der Waals surface area contributed by atoms with Crippen LogP contribution in [-0.4, -0.2) is 12.0 Å². The summed E-state index contributed by atoms with van der Waals surface area (Å²) in [7, 11) is 3.14. The van der Waals surface area contributed by atoms with Gasteiger partial charge >= 0.3 is 0 Å². The van der Waals surface area contributed by atoms with E-state index in [-0.39, 0.29) is 0 Å². The van der Waals surface area contributed by atoms with Gasteiger partial charge in [-0.3, -0.25) is 4.99 Å². The molecule has 0 bridgehead atoms. The van der Waals surface area contributed by atoms with Crippen LogP contribution in [0, 0.1) is 0 Å². The Morgan fingerprint density at radius 3 is 2.62 bits per heavy atom. The molecule has 8 heavy (non-hydrogen) atoms. The van der Waals surface area contributed by atoms with Crippen LogP contribution in [0.3, 0.4) is 0 Å². The summed E-state index contributed by atoms with van der Waals surface area (Å²) < 4.78 is 0. The van der Waals surface area contributed by atoms with Gasteiger partial charge in [-0.05, 0) is 11.9 Å². The minimum absolute atomic E-state index is 1.48. The summed E-state index contributed by atoms with van der Waals surface area (Å²) in [6, 6.07) is 0. The fraction of sp³-hybridized carbons (Fsp3) is 0. The molecule has 42 valence electrons. The third-order valence-electron chi connectivity index (χ3n) is 0.485. The molecule has 0 aliphatic carbocycles. The molecule has 0 amide bonds. The van der Waals surface area contributed by atoms with Crippen LogP contribution in [0.25, 0.3) is 0 Å². The van der Waals surface area contributed by atoms with Crippen molar-refractivity contribution < 1.29 is 0 Å². The van der Waals surface area contributed by atoms with Crippen LogP contribution in [0.2, 0.25) is 0 Å². The quantitative estimate of drug-likeness (QED) is 0.402. The molecule has 0 saturated heterocycles. The predicted molar refractivity (Wildman–Crippen MR) is 42.2 cm³/mol. The zero-order valence-corrected chi connectivity index (χ0v) is 5.54. The molecule has 0 fully saturated rings. The summed E-state index contributed by atoms with van der Waals surface area (Å²) in [4.78, 5) is 3.72. The largest absolute Gasteiger partial charge is 0.265 e. The summed E-state index contributed by atoms with van der Waals surface area (Å²) in [5.74, 6) is 1.75. The normalized spacial score (nSPS) is 10.5. The first kappa shape index (κ1) is 7.32. The van der Waals surface area contributed by atoms with Crippen molar-refractivity contribution in [2.24, 2.45) is 4.99 Å². The van der Waals surface area contributed by atoms with Gasteiger partial charge < -0.3 is 0 Å². The van der Waals surface area contributed by atoms with Crippen LogP contribution in [0.15, 0.2) is 29.9 Å². The van der Waals surface area contributed by atoms with Crippen LogP contribution < -0.4 is 0 Å². The molecule has 0 rings (SSSR count). The molecule has 0 saturated carbocycles. The lowest BCUT2D eigenvalue weighted by Gasteiger charge is -1.67. The summed E-state index contributed by atoms with van der Waals surface area (Å²) in [5, 5.41) is 0. The fourth-order valence-electron chi connectivity index (χ4n) is 0.216. The van der Waals surface area contributed by atoms with Crippen molar-refractivity contribution in [1.82, 2.24) is 0 Å². The van der Waals surface area contributed by atoms with Gasteiger partial charge in [0, 0.05) is 12.4 Å². The highest BCUT2D eigenvalue weighted by Crippen LogP contribution is 1.67. The molecular formula is C6H8NP. The van der Waals surface area contributed by atoms with E-state index in [4.69, 9.17) is 0 Å². The van der Waals surface area contributed by atoms with E-state index in [1.165, 1.54) is 6.20 Å². The number of hydrogen-bond acceptors (Lipinski definition) is 1. The molecule has 0 aromatic carbocycles. The van der Waals surface area contributed by atoms with Crippen LogP contribution >= 0.6 is 8.86 Å². The SMILES string of the molecule is C=CN=C/C=C\C=P. The van der Waals surface area contributed by atoms with Crippen LogP contribution in [0.5, 0.6) is 0 Å². The fourth-order valence-corrected chi connectivity index (χ4v) is 0.327. The van der Waals surface area contributed by atoms with E-state index in [1.54, 1.807) is 18.1 Å². The van der Waals surface area contributed by atoms with E-state index in [9.17, 15) is 0 Å². The van der Waals surface area contributed by atoms with Gasteiger partial charge in [-0.15, -0.1) is 8.86 Å². The minimum atomic E-state index is 1.48. The molecule has 1 nitrogen and oxygen atoms in total. The smallest absolute Gasteiger partial charge is 0.0267 e. The molecule has 0 N–H and O–H groups in total. The van der Waals surface area contributed by atoms with Crippen molar-refractivity contribution in [3.63, 3.8) is 0 Å². The Morgan fingerprint density at radius 2 is 2.12 bits per heavy atom. The summed E-state index contributed by atoms with van der Waals surface area (Å²) in [6.07, 6.45) is 6.76. The number of nitrogens with zero attached hydrogens (tertiary/aromatic N) is 1. The highest BCUT2D eigenvalue weighted by molar-refractivity contribution is 7.18. The zero-order chi connectivity index (χ0) is 6.24. The van der Waals surface area contributed by atoms with Gasteiger partial charge in [0.1, 0.15) is 0 Å². The number of aliphatic imine (C=N–C) groups is 1. The van der Waals surface area contributed by atoms with Gasteiger partial charge in [0.2, 0.25) is 0 Å². The number of rotatable bonds is 3. The average Bonchev–Trinajstić information content (AvgIpc) is 1.81. The van der Waals surface area contributed by atoms with Gasteiger partial charge in [0.25, 0.3) is 0 Å². The average molecular weight is 125 g/mol. The molecule has 0 unspecified atom stereocenters. The first-order chi connectivity index (χ1) is 3.91. The molecule has 2 heteroatoms. The lowest BCUT2D eigenvalue weighted by Crippen LogP contribution is -1.59. The molecule has 0 aromatic heterocycles. The summed E-state index contributed by atoms with van der Waals surface area (Å²) >= 11 is 0.